The van der Waals surface area contributed by atoms with Gasteiger partial charge >= 0.3 is 0 Å². The number of carbonyl (C=O) groups excluding carboxylic acids is 1. The molecule has 0 spiro atoms. The normalized spacial score (nSPS) is 12.8. The number of nitrogens with two attached hydrogens (primary N) is 1. The van der Waals surface area contributed by atoms with Crippen LogP contribution in [0.2, 0.25) is 5.02 Å². The van der Waals surface area contributed by atoms with Crippen LogP contribution in [-0.2, 0) is 22.0 Å². The number of ether oxygens (including phenoxy) is 1. The van der Waals surface area contributed by atoms with E-state index in [0.29, 0.717) is 34.3 Å². The van der Waals surface area contributed by atoms with E-state index in [9.17, 15) is 13.2 Å². The van der Waals surface area contributed by atoms with Gasteiger partial charge < -0.3 is 10.5 Å². The second kappa shape index (κ2) is 9.74. The van der Waals surface area contributed by atoms with Crippen LogP contribution in [0.5, 0.6) is 11.6 Å². The molecule has 2 aromatic heterocycles. The largest absolute Gasteiger partial charge is 0.437 e. The Bertz CT molecular complexity index is 1740. The van der Waals surface area contributed by atoms with Crippen molar-refractivity contribution >= 4 is 39.1 Å². The number of pyridine rings is 1. The lowest BCUT2D eigenvalue weighted by molar-refractivity contribution is 0.103. The first-order valence-electron chi connectivity index (χ1n) is 11.8. The molecule has 194 valence electrons. The molecule has 0 fully saturated rings. The van der Waals surface area contributed by atoms with Gasteiger partial charge in [0, 0.05) is 24.3 Å². The maximum atomic E-state index is 13.4. The molecule has 2 aromatic carbocycles. The van der Waals surface area contributed by atoms with Crippen molar-refractivity contribution in [1.82, 2.24) is 14.8 Å². The highest BCUT2D eigenvalue weighted by atomic mass is 35.5. The Morgan fingerprint density at radius 2 is 1.89 bits per heavy atom. The van der Waals surface area contributed by atoms with Crippen LogP contribution in [0, 0.1) is 13.8 Å². The SMILES string of the molecule is Cc1cc2c(cc1CS(C)(=O)=O)CC(C(=O)c1cnn(-c3cnc(Oc4ccccc4Cl)cc3C)c1N)=C2. The van der Waals surface area contributed by atoms with Crippen LogP contribution in [0.4, 0.5) is 5.82 Å². The second-order valence-corrected chi connectivity index (χ2v) is 12.0. The third kappa shape index (κ3) is 5.07. The number of para-hydroxylation sites is 1. The average molecular weight is 549 g/mol. The Hall–Kier alpha value is -3.95. The smallest absolute Gasteiger partial charge is 0.219 e. The minimum absolute atomic E-state index is 0.0370. The molecule has 38 heavy (non-hydrogen) atoms. The summed E-state index contributed by atoms with van der Waals surface area (Å²) < 4.78 is 30.9. The number of aryl methyl sites for hydroxylation is 2. The fourth-order valence-electron chi connectivity index (χ4n) is 4.48. The third-order valence-electron chi connectivity index (χ3n) is 6.41. The number of nitrogens with zero attached hydrogens (tertiary/aromatic N) is 3. The molecule has 1 aliphatic rings. The summed E-state index contributed by atoms with van der Waals surface area (Å²) in [5.41, 5.74) is 12.1. The van der Waals surface area contributed by atoms with Crippen molar-refractivity contribution in [2.75, 3.05) is 12.0 Å². The summed E-state index contributed by atoms with van der Waals surface area (Å²) in [6.45, 7) is 3.74. The number of anilines is 1. The number of allylic oxidation sites excluding steroid dienone is 1. The number of hydrogen-bond acceptors (Lipinski definition) is 7. The second-order valence-electron chi connectivity index (χ2n) is 9.42. The minimum Gasteiger partial charge on any atom is -0.437 e. The van der Waals surface area contributed by atoms with Gasteiger partial charge in [-0.2, -0.15) is 5.10 Å². The van der Waals surface area contributed by atoms with Gasteiger partial charge in [-0.3, -0.25) is 4.79 Å². The highest BCUT2D eigenvalue weighted by Gasteiger charge is 2.25. The van der Waals surface area contributed by atoms with E-state index in [1.807, 2.05) is 44.2 Å². The molecule has 10 heteroatoms. The molecule has 2 heterocycles. The quantitative estimate of drug-likeness (QED) is 0.312. The first-order chi connectivity index (χ1) is 18.0. The zero-order valence-electron chi connectivity index (χ0n) is 21.0. The lowest BCUT2D eigenvalue weighted by Crippen LogP contribution is -2.09. The average Bonchev–Trinajstić information content (AvgIpc) is 3.43. The number of halogens is 1. The number of benzene rings is 2. The van der Waals surface area contributed by atoms with Crippen LogP contribution in [0.15, 0.2) is 60.4 Å². The summed E-state index contributed by atoms with van der Waals surface area (Å²) in [5.74, 6) is 0.789. The number of nitrogen functional groups attached to an aromatic ring is 1. The van der Waals surface area contributed by atoms with E-state index in [1.165, 1.54) is 17.1 Å². The maximum absolute atomic E-state index is 13.4. The number of carbonyl (C=O) groups is 1. The zero-order chi connectivity index (χ0) is 27.2. The van der Waals surface area contributed by atoms with E-state index >= 15 is 0 Å². The number of sulfone groups is 1. The fourth-order valence-corrected chi connectivity index (χ4v) is 5.53. The summed E-state index contributed by atoms with van der Waals surface area (Å²) in [6.07, 6.45) is 6.47. The molecule has 0 unspecified atom stereocenters. The molecule has 4 aromatic rings. The molecule has 0 amide bonds. The Labute approximate surface area is 225 Å². The van der Waals surface area contributed by atoms with Crippen molar-refractivity contribution in [2.45, 2.75) is 26.0 Å². The predicted octanol–water partition coefficient (Wildman–Crippen LogP) is 5.28. The van der Waals surface area contributed by atoms with E-state index in [1.54, 1.807) is 24.4 Å². The molecule has 0 atom stereocenters. The van der Waals surface area contributed by atoms with Crippen LogP contribution in [0.3, 0.4) is 0 Å². The number of Topliss-reactive ketones (excluding diaryl/α,β-unsaturated/α-hetero) is 1. The molecule has 0 saturated heterocycles. The summed E-state index contributed by atoms with van der Waals surface area (Å²) in [7, 11) is -3.17. The van der Waals surface area contributed by atoms with Gasteiger partial charge in [0.1, 0.15) is 11.6 Å². The molecule has 0 saturated carbocycles. The number of hydrogen-bond donors (Lipinski definition) is 1. The monoisotopic (exact) mass is 548 g/mol. The van der Waals surface area contributed by atoms with Gasteiger partial charge in [-0.15, -0.1) is 0 Å². The molecule has 0 aliphatic heterocycles. The molecule has 8 nitrogen and oxygen atoms in total. The van der Waals surface area contributed by atoms with Crippen molar-refractivity contribution in [2.24, 2.45) is 0 Å². The van der Waals surface area contributed by atoms with Crippen LogP contribution in [-0.4, -0.2) is 35.2 Å². The van der Waals surface area contributed by atoms with Crippen LogP contribution in [0.1, 0.15) is 38.2 Å². The summed E-state index contributed by atoms with van der Waals surface area (Å²) in [6, 6.07) is 12.7. The molecule has 0 radical (unpaired) electrons. The topological polar surface area (TPSA) is 117 Å². The maximum Gasteiger partial charge on any atom is 0.219 e. The standard InChI is InChI=1S/C28H25ClN4O4S/c1-16-8-18-10-20(11-19(18)12-21(16)15-38(3,35)36)27(34)22-13-32-33(28(22)30)24-14-31-26(9-17(24)2)37-25-7-5-4-6-23(25)29/h4-10,12-14H,11,15,30H2,1-3H3. The van der Waals surface area contributed by atoms with Crippen molar-refractivity contribution < 1.29 is 17.9 Å². The molecule has 0 bridgehead atoms. The van der Waals surface area contributed by atoms with E-state index in [4.69, 9.17) is 22.1 Å². The van der Waals surface area contributed by atoms with Gasteiger partial charge in [0.2, 0.25) is 5.88 Å². The predicted molar refractivity (Wildman–Crippen MR) is 148 cm³/mol. The van der Waals surface area contributed by atoms with Gasteiger partial charge in [-0.1, -0.05) is 35.9 Å². The highest BCUT2D eigenvalue weighted by molar-refractivity contribution is 7.89. The Morgan fingerprint density at radius 3 is 2.61 bits per heavy atom. The summed E-state index contributed by atoms with van der Waals surface area (Å²) >= 11 is 6.17. The van der Waals surface area contributed by atoms with Crippen LogP contribution >= 0.6 is 11.6 Å². The molecule has 1 aliphatic carbocycles. The van der Waals surface area contributed by atoms with Gasteiger partial charge in [-0.25, -0.2) is 18.1 Å². The van der Waals surface area contributed by atoms with Gasteiger partial charge in [0.15, 0.2) is 15.6 Å². The molecular formula is C28H25ClN4O4S. The summed E-state index contributed by atoms with van der Waals surface area (Å²) in [5, 5.41) is 4.83. The van der Waals surface area contributed by atoms with Gasteiger partial charge in [0.25, 0.3) is 0 Å². The first-order valence-corrected chi connectivity index (χ1v) is 14.2. The first kappa shape index (κ1) is 25.7. The van der Waals surface area contributed by atoms with Gasteiger partial charge in [-0.05, 0) is 59.9 Å². The van der Waals surface area contributed by atoms with E-state index in [2.05, 4.69) is 10.1 Å². The van der Waals surface area contributed by atoms with E-state index in [0.717, 1.165) is 27.8 Å². The third-order valence-corrected chi connectivity index (χ3v) is 7.55. The van der Waals surface area contributed by atoms with Crippen LogP contribution in [0.25, 0.3) is 11.8 Å². The Kier molecular flexibility index (Phi) is 6.58. The number of aromatic nitrogens is 3. The van der Waals surface area contributed by atoms with Crippen molar-refractivity contribution in [1.29, 1.82) is 0 Å². The Morgan fingerprint density at radius 1 is 1.13 bits per heavy atom. The van der Waals surface area contributed by atoms with Crippen molar-refractivity contribution in [3.8, 4) is 17.3 Å². The minimum atomic E-state index is -3.17. The molecular weight excluding hydrogens is 524 g/mol. The number of rotatable bonds is 7. The van der Waals surface area contributed by atoms with E-state index in [-0.39, 0.29) is 22.9 Å². The molecule has 5 rings (SSSR count). The Balaban J connectivity index is 1.38. The number of ketones is 1. The molecule has 2 N–H and O–H groups in total. The zero-order valence-corrected chi connectivity index (χ0v) is 22.6. The fraction of sp³-hybridized carbons (Fsp3) is 0.179. The summed E-state index contributed by atoms with van der Waals surface area (Å²) in [4.78, 5) is 17.8. The van der Waals surface area contributed by atoms with Gasteiger partial charge in [0.05, 0.1) is 34.4 Å². The van der Waals surface area contributed by atoms with Crippen molar-refractivity contribution in [3.05, 3.63) is 98.8 Å². The lowest BCUT2D eigenvalue weighted by atomic mass is 10.0. The van der Waals surface area contributed by atoms with E-state index < -0.39 is 9.84 Å². The lowest BCUT2D eigenvalue weighted by Gasteiger charge is -2.11. The number of fused-ring (bicyclic) bond motifs is 1. The van der Waals surface area contributed by atoms with Crippen LogP contribution < -0.4 is 10.5 Å². The van der Waals surface area contributed by atoms with Crippen molar-refractivity contribution in [3.63, 3.8) is 0 Å². The highest BCUT2D eigenvalue weighted by Crippen LogP contribution is 2.33.